The highest BCUT2D eigenvalue weighted by Crippen LogP contribution is 2.36. The zero-order valence-electron chi connectivity index (χ0n) is 8.93. The van der Waals surface area contributed by atoms with Crippen LogP contribution in [0.2, 0.25) is 0 Å². The van der Waals surface area contributed by atoms with Crippen molar-refractivity contribution in [3.63, 3.8) is 0 Å². The van der Waals surface area contributed by atoms with Gasteiger partial charge in [-0.1, -0.05) is 38.8 Å². The smallest absolute Gasteiger partial charge is 0.0205 e. The van der Waals surface area contributed by atoms with Crippen LogP contribution in [-0.4, -0.2) is 0 Å². The third-order valence-corrected chi connectivity index (χ3v) is 3.51. The minimum atomic E-state index is 0.831. The molecule has 0 fully saturated rings. The lowest BCUT2D eigenvalue weighted by atomic mass is 9.74. The molecule has 0 saturated carbocycles. The van der Waals surface area contributed by atoms with Gasteiger partial charge in [-0.3, -0.25) is 0 Å². The fourth-order valence-electron chi connectivity index (χ4n) is 2.37. The van der Waals surface area contributed by atoms with Crippen LogP contribution in [0.15, 0.2) is 11.6 Å². The predicted octanol–water partition coefficient (Wildman–Crippen LogP) is 4.02. The summed E-state index contributed by atoms with van der Waals surface area (Å²) in [6.45, 7) is 9.29. The molecule has 0 spiro atoms. The Labute approximate surface area is 77.1 Å². The first-order chi connectivity index (χ1) is 5.69. The van der Waals surface area contributed by atoms with E-state index in [1.165, 1.54) is 19.3 Å². The molecule has 0 aromatic carbocycles. The molecule has 1 aliphatic rings. The molecular weight excluding hydrogens is 144 g/mol. The van der Waals surface area contributed by atoms with Gasteiger partial charge in [0.05, 0.1) is 0 Å². The molecular formula is C12H22. The van der Waals surface area contributed by atoms with Crippen molar-refractivity contribution in [1.29, 1.82) is 0 Å². The van der Waals surface area contributed by atoms with E-state index >= 15 is 0 Å². The van der Waals surface area contributed by atoms with Crippen molar-refractivity contribution in [2.24, 2.45) is 17.8 Å². The first-order valence-corrected chi connectivity index (χ1v) is 5.37. The van der Waals surface area contributed by atoms with Crippen LogP contribution in [0, 0.1) is 17.8 Å². The molecule has 0 aliphatic heterocycles. The van der Waals surface area contributed by atoms with E-state index in [9.17, 15) is 0 Å². The van der Waals surface area contributed by atoms with Gasteiger partial charge in [0.1, 0.15) is 0 Å². The van der Waals surface area contributed by atoms with Crippen LogP contribution in [0.25, 0.3) is 0 Å². The molecule has 0 amide bonds. The van der Waals surface area contributed by atoms with Gasteiger partial charge in [0.15, 0.2) is 0 Å². The first kappa shape index (κ1) is 9.83. The first-order valence-electron chi connectivity index (χ1n) is 5.37. The van der Waals surface area contributed by atoms with Crippen LogP contribution in [0.1, 0.15) is 47.0 Å². The highest BCUT2D eigenvalue weighted by Gasteiger charge is 2.24. The summed E-state index contributed by atoms with van der Waals surface area (Å²) < 4.78 is 0. The Morgan fingerprint density at radius 3 is 2.50 bits per heavy atom. The molecule has 0 heteroatoms. The van der Waals surface area contributed by atoms with Crippen LogP contribution in [-0.2, 0) is 0 Å². The summed E-state index contributed by atoms with van der Waals surface area (Å²) in [5, 5.41) is 0. The van der Waals surface area contributed by atoms with Crippen LogP contribution in [0.3, 0.4) is 0 Å². The normalized spacial score (nSPS) is 36.3. The molecule has 12 heavy (non-hydrogen) atoms. The lowest BCUT2D eigenvalue weighted by molar-refractivity contribution is 0.293. The summed E-state index contributed by atoms with van der Waals surface area (Å²) in [5.41, 5.74) is 1.62. The highest BCUT2D eigenvalue weighted by atomic mass is 14.3. The molecule has 1 rings (SSSR count). The van der Waals surface area contributed by atoms with E-state index in [4.69, 9.17) is 0 Å². The average Bonchev–Trinajstić information content (AvgIpc) is 2.09. The summed E-state index contributed by atoms with van der Waals surface area (Å²) in [4.78, 5) is 0. The lowest BCUT2D eigenvalue weighted by Crippen LogP contribution is -2.20. The second-order valence-corrected chi connectivity index (χ2v) is 4.29. The Kier molecular flexibility index (Phi) is 3.37. The van der Waals surface area contributed by atoms with E-state index in [1.807, 2.05) is 0 Å². The zero-order chi connectivity index (χ0) is 9.14. The third-order valence-electron chi connectivity index (χ3n) is 3.51. The minimum absolute atomic E-state index is 0.831. The summed E-state index contributed by atoms with van der Waals surface area (Å²) in [7, 11) is 0. The maximum Gasteiger partial charge on any atom is -0.0205 e. The van der Waals surface area contributed by atoms with Crippen LogP contribution in [0.4, 0.5) is 0 Å². The Balaban J connectivity index is 2.70. The van der Waals surface area contributed by atoms with E-state index in [0.29, 0.717) is 0 Å². The van der Waals surface area contributed by atoms with Gasteiger partial charge in [0, 0.05) is 0 Å². The molecule has 0 nitrogen and oxygen atoms in total. The highest BCUT2D eigenvalue weighted by molar-refractivity contribution is 5.10. The SMILES string of the molecule is CC[C@H]1CC(C)C(C)=C[C@H]1CC. The van der Waals surface area contributed by atoms with E-state index in [1.54, 1.807) is 5.57 Å². The molecule has 1 unspecified atom stereocenters. The van der Waals surface area contributed by atoms with Gasteiger partial charge in [0.2, 0.25) is 0 Å². The number of hydrogen-bond acceptors (Lipinski definition) is 0. The molecule has 0 bridgehead atoms. The van der Waals surface area contributed by atoms with E-state index in [-0.39, 0.29) is 0 Å². The van der Waals surface area contributed by atoms with Crippen molar-refractivity contribution in [3.05, 3.63) is 11.6 Å². The second-order valence-electron chi connectivity index (χ2n) is 4.29. The topological polar surface area (TPSA) is 0 Å². The average molecular weight is 166 g/mol. The van der Waals surface area contributed by atoms with E-state index < -0.39 is 0 Å². The van der Waals surface area contributed by atoms with Crippen molar-refractivity contribution in [3.8, 4) is 0 Å². The monoisotopic (exact) mass is 166 g/mol. The molecule has 70 valence electrons. The molecule has 3 atom stereocenters. The van der Waals surface area contributed by atoms with Crippen LogP contribution < -0.4 is 0 Å². The van der Waals surface area contributed by atoms with Gasteiger partial charge in [-0.2, -0.15) is 0 Å². The maximum atomic E-state index is 2.52. The van der Waals surface area contributed by atoms with Gasteiger partial charge < -0.3 is 0 Å². The molecule has 1 aliphatic carbocycles. The summed E-state index contributed by atoms with van der Waals surface area (Å²) >= 11 is 0. The molecule has 0 heterocycles. The summed E-state index contributed by atoms with van der Waals surface area (Å²) in [6.07, 6.45) is 6.61. The van der Waals surface area contributed by atoms with Crippen molar-refractivity contribution in [2.45, 2.75) is 47.0 Å². The molecule has 0 radical (unpaired) electrons. The van der Waals surface area contributed by atoms with Crippen molar-refractivity contribution < 1.29 is 0 Å². The lowest BCUT2D eigenvalue weighted by Gasteiger charge is -2.32. The fourth-order valence-corrected chi connectivity index (χ4v) is 2.37. The van der Waals surface area contributed by atoms with Gasteiger partial charge in [-0.15, -0.1) is 0 Å². The van der Waals surface area contributed by atoms with E-state index in [2.05, 4.69) is 33.8 Å². The fraction of sp³-hybridized carbons (Fsp3) is 0.833. The Morgan fingerprint density at radius 1 is 1.33 bits per heavy atom. The van der Waals surface area contributed by atoms with Crippen molar-refractivity contribution in [1.82, 2.24) is 0 Å². The Bertz CT molecular complexity index is 167. The minimum Gasteiger partial charge on any atom is -0.0820 e. The summed E-state index contributed by atoms with van der Waals surface area (Å²) in [6, 6.07) is 0. The maximum absolute atomic E-state index is 2.52. The quantitative estimate of drug-likeness (QED) is 0.543. The van der Waals surface area contributed by atoms with Gasteiger partial charge in [-0.05, 0) is 37.5 Å². The second kappa shape index (κ2) is 4.11. The van der Waals surface area contributed by atoms with Gasteiger partial charge in [0.25, 0.3) is 0 Å². The zero-order valence-corrected chi connectivity index (χ0v) is 8.93. The van der Waals surface area contributed by atoms with E-state index in [0.717, 1.165) is 17.8 Å². The van der Waals surface area contributed by atoms with Gasteiger partial charge in [-0.25, -0.2) is 0 Å². The Hall–Kier alpha value is -0.260. The van der Waals surface area contributed by atoms with Crippen molar-refractivity contribution in [2.75, 3.05) is 0 Å². The van der Waals surface area contributed by atoms with Gasteiger partial charge >= 0.3 is 0 Å². The third kappa shape index (κ3) is 1.91. The van der Waals surface area contributed by atoms with Crippen LogP contribution >= 0.6 is 0 Å². The number of hydrogen-bond donors (Lipinski definition) is 0. The van der Waals surface area contributed by atoms with Crippen LogP contribution in [0.5, 0.6) is 0 Å². The molecule has 0 saturated heterocycles. The number of allylic oxidation sites excluding steroid dienone is 2. The molecule has 0 aromatic heterocycles. The summed E-state index contributed by atoms with van der Waals surface area (Å²) in [5.74, 6) is 2.65. The largest absolute Gasteiger partial charge is 0.0820 e. The Morgan fingerprint density at radius 2 is 2.00 bits per heavy atom. The van der Waals surface area contributed by atoms with Crippen molar-refractivity contribution >= 4 is 0 Å². The number of rotatable bonds is 2. The standard InChI is InChI=1S/C12H22/c1-5-11-7-9(3)10(4)8-12(11)6-2/h7,10-12H,5-6,8H2,1-4H3/t10?,11-,12+/m1/s1. The predicted molar refractivity (Wildman–Crippen MR) is 55.1 cm³/mol. The molecule has 0 N–H and O–H groups in total. The molecule has 0 aromatic rings.